The van der Waals surface area contributed by atoms with Crippen LogP contribution in [-0.2, 0) is 17.6 Å². The predicted molar refractivity (Wildman–Crippen MR) is 78.1 cm³/mol. The number of rotatable bonds is 10. The van der Waals surface area contributed by atoms with Crippen LogP contribution in [0.2, 0.25) is 0 Å². The number of hydrogen-bond acceptors (Lipinski definition) is 2. The lowest BCUT2D eigenvalue weighted by Gasteiger charge is -2.05. The standard InChI is InChI=1S/C16H27NO/c1-3-6-15-8-10-16(11-9-15)7-4-5-12-17-13-14-18-2/h8-11,17H,3-7,12-14H2,1-2H3. The van der Waals surface area contributed by atoms with Crippen molar-refractivity contribution in [2.45, 2.75) is 39.0 Å². The summed E-state index contributed by atoms with van der Waals surface area (Å²) in [5, 5.41) is 3.37. The summed E-state index contributed by atoms with van der Waals surface area (Å²) >= 11 is 0. The third-order valence-corrected chi connectivity index (χ3v) is 3.11. The molecule has 0 atom stereocenters. The Morgan fingerprint density at radius 2 is 1.61 bits per heavy atom. The van der Waals surface area contributed by atoms with Gasteiger partial charge in [-0.3, -0.25) is 0 Å². The Balaban J connectivity index is 2.08. The fraction of sp³-hybridized carbons (Fsp3) is 0.625. The molecular weight excluding hydrogens is 222 g/mol. The van der Waals surface area contributed by atoms with E-state index in [0.717, 1.165) is 19.7 Å². The Morgan fingerprint density at radius 1 is 0.944 bits per heavy atom. The smallest absolute Gasteiger partial charge is 0.0587 e. The molecule has 0 unspecified atom stereocenters. The number of unbranched alkanes of at least 4 members (excludes halogenated alkanes) is 1. The van der Waals surface area contributed by atoms with E-state index in [2.05, 4.69) is 36.5 Å². The van der Waals surface area contributed by atoms with E-state index in [1.165, 1.54) is 43.2 Å². The molecule has 0 amide bonds. The lowest BCUT2D eigenvalue weighted by molar-refractivity contribution is 0.199. The Hall–Kier alpha value is -0.860. The molecule has 1 N–H and O–H groups in total. The summed E-state index contributed by atoms with van der Waals surface area (Å²) in [6, 6.07) is 9.11. The monoisotopic (exact) mass is 249 g/mol. The molecule has 1 aromatic carbocycles. The highest BCUT2D eigenvalue weighted by atomic mass is 16.5. The van der Waals surface area contributed by atoms with Gasteiger partial charge in [0.05, 0.1) is 6.61 Å². The minimum Gasteiger partial charge on any atom is -0.383 e. The average molecular weight is 249 g/mol. The molecule has 0 radical (unpaired) electrons. The van der Waals surface area contributed by atoms with Crippen LogP contribution in [0.4, 0.5) is 0 Å². The van der Waals surface area contributed by atoms with Gasteiger partial charge in [0.25, 0.3) is 0 Å². The van der Waals surface area contributed by atoms with Crippen molar-refractivity contribution in [2.75, 3.05) is 26.8 Å². The molecule has 0 aliphatic rings. The minimum atomic E-state index is 0.804. The average Bonchev–Trinajstić information content (AvgIpc) is 2.40. The van der Waals surface area contributed by atoms with E-state index in [9.17, 15) is 0 Å². The van der Waals surface area contributed by atoms with Gasteiger partial charge in [0.1, 0.15) is 0 Å². The van der Waals surface area contributed by atoms with E-state index in [4.69, 9.17) is 4.74 Å². The fourth-order valence-electron chi connectivity index (χ4n) is 2.04. The molecule has 0 heterocycles. The molecule has 2 nitrogen and oxygen atoms in total. The predicted octanol–water partition coefficient (Wildman–Crippen LogP) is 3.20. The maximum absolute atomic E-state index is 4.99. The maximum Gasteiger partial charge on any atom is 0.0587 e. The summed E-state index contributed by atoms with van der Waals surface area (Å²) in [5.41, 5.74) is 2.93. The van der Waals surface area contributed by atoms with Crippen molar-refractivity contribution in [1.29, 1.82) is 0 Å². The second kappa shape index (κ2) is 10.1. The third kappa shape index (κ3) is 6.77. The van der Waals surface area contributed by atoms with Crippen LogP contribution in [0.3, 0.4) is 0 Å². The topological polar surface area (TPSA) is 21.3 Å². The molecular formula is C16H27NO. The van der Waals surface area contributed by atoms with Gasteiger partial charge < -0.3 is 10.1 Å². The van der Waals surface area contributed by atoms with Gasteiger partial charge in [-0.2, -0.15) is 0 Å². The van der Waals surface area contributed by atoms with Crippen molar-refractivity contribution < 1.29 is 4.74 Å². The zero-order valence-corrected chi connectivity index (χ0v) is 11.9. The summed E-state index contributed by atoms with van der Waals surface area (Å²) < 4.78 is 4.99. The number of benzene rings is 1. The zero-order chi connectivity index (χ0) is 13.1. The van der Waals surface area contributed by atoms with Crippen LogP contribution in [0, 0.1) is 0 Å². The highest BCUT2D eigenvalue weighted by molar-refractivity contribution is 5.22. The molecule has 18 heavy (non-hydrogen) atoms. The summed E-state index contributed by atoms with van der Waals surface area (Å²) in [6.45, 7) is 5.09. The van der Waals surface area contributed by atoms with Gasteiger partial charge in [0, 0.05) is 13.7 Å². The lowest BCUT2D eigenvalue weighted by atomic mass is 10.0. The van der Waals surface area contributed by atoms with E-state index >= 15 is 0 Å². The van der Waals surface area contributed by atoms with Crippen molar-refractivity contribution in [3.05, 3.63) is 35.4 Å². The Labute approximate surface area is 112 Å². The van der Waals surface area contributed by atoms with Crippen LogP contribution in [0.25, 0.3) is 0 Å². The van der Waals surface area contributed by atoms with E-state index in [-0.39, 0.29) is 0 Å². The molecule has 0 aliphatic carbocycles. The Morgan fingerprint density at radius 3 is 2.22 bits per heavy atom. The largest absolute Gasteiger partial charge is 0.383 e. The number of hydrogen-bond donors (Lipinski definition) is 1. The molecule has 0 saturated heterocycles. The SMILES string of the molecule is CCCc1ccc(CCCCNCCOC)cc1. The van der Waals surface area contributed by atoms with Crippen LogP contribution >= 0.6 is 0 Å². The minimum absolute atomic E-state index is 0.804. The first-order chi connectivity index (χ1) is 8.86. The summed E-state index contributed by atoms with van der Waals surface area (Å²) in [5.74, 6) is 0. The summed E-state index contributed by atoms with van der Waals surface area (Å²) in [6.07, 6.45) is 6.11. The number of methoxy groups -OCH3 is 1. The van der Waals surface area contributed by atoms with Crippen LogP contribution < -0.4 is 5.32 Å². The maximum atomic E-state index is 4.99. The first-order valence-electron chi connectivity index (χ1n) is 7.14. The Bertz CT molecular complexity index is 294. The molecule has 1 rings (SSSR count). The van der Waals surface area contributed by atoms with Crippen molar-refractivity contribution in [3.8, 4) is 0 Å². The zero-order valence-electron chi connectivity index (χ0n) is 11.9. The molecule has 2 heteroatoms. The number of ether oxygens (including phenoxy) is 1. The summed E-state index contributed by atoms with van der Waals surface area (Å²) in [4.78, 5) is 0. The third-order valence-electron chi connectivity index (χ3n) is 3.11. The molecule has 102 valence electrons. The van der Waals surface area contributed by atoms with Crippen LogP contribution in [0.15, 0.2) is 24.3 Å². The van der Waals surface area contributed by atoms with E-state index in [0.29, 0.717) is 0 Å². The van der Waals surface area contributed by atoms with E-state index in [1.807, 2.05) is 0 Å². The van der Waals surface area contributed by atoms with Crippen molar-refractivity contribution in [1.82, 2.24) is 5.32 Å². The highest BCUT2D eigenvalue weighted by Gasteiger charge is 1.95. The van der Waals surface area contributed by atoms with Crippen LogP contribution in [0.1, 0.15) is 37.3 Å². The van der Waals surface area contributed by atoms with Gasteiger partial charge in [-0.25, -0.2) is 0 Å². The highest BCUT2D eigenvalue weighted by Crippen LogP contribution is 2.09. The fourth-order valence-corrected chi connectivity index (χ4v) is 2.04. The molecule has 0 fully saturated rings. The van der Waals surface area contributed by atoms with E-state index in [1.54, 1.807) is 7.11 Å². The molecule has 0 aliphatic heterocycles. The van der Waals surface area contributed by atoms with Crippen molar-refractivity contribution >= 4 is 0 Å². The summed E-state index contributed by atoms with van der Waals surface area (Å²) in [7, 11) is 1.74. The number of nitrogens with one attached hydrogen (secondary N) is 1. The van der Waals surface area contributed by atoms with Gasteiger partial charge in [0.2, 0.25) is 0 Å². The normalized spacial score (nSPS) is 10.8. The molecule has 0 bridgehead atoms. The van der Waals surface area contributed by atoms with Gasteiger partial charge >= 0.3 is 0 Å². The first-order valence-corrected chi connectivity index (χ1v) is 7.14. The Kier molecular flexibility index (Phi) is 8.53. The second-order valence-electron chi connectivity index (χ2n) is 4.77. The van der Waals surface area contributed by atoms with Gasteiger partial charge in [-0.1, -0.05) is 37.6 Å². The van der Waals surface area contributed by atoms with Crippen LogP contribution in [0.5, 0.6) is 0 Å². The van der Waals surface area contributed by atoms with Gasteiger partial charge in [-0.05, 0) is 43.4 Å². The lowest BCUT2D eigenvalue weighted by Crippen LogP contribution is -2.20. The second-order valence-corrected chi connectivity index (χ2v) is 4.77. The van der Waals surface area contributed by atoms with E-state index < -0.39 is 0 Å². The van der Waals surface area contributed by atoms with Crippen LogP contribution in [-0.4, -0.2) is 26.8 Å². The molecule has 0 saturated carbocycles. The number of aryl methyl sites for hydroxylation is 2. The van der Waals surface area contributed by atoms with Crippen molar-refractivity contribution in [3.63, 3.8) is 0 Å². The molecule has 0 aromatic heterocycles. The van der Waals surface area contributed by atoms with Gasteiger partial charge in [0.15, 0.2) is 0 Å². The molecule has 1 aromatic rings. The van der Waals surface area contributed by atoms with Gasteiger partial charge in [-0.15, -0.1) is 0 Å². The quantitative estimate of drug-likeness (QED) is 0.643. The van der Waals surface area contributed by atoms with Crippen molar-refractivity contribution in [2.24, 2.45) is 0 Å². The molecule has 0 spiro atoms. The first kappa shape index (κ1) is 15.2.